The van der Waals surface area contributed by atoms with Crippen molar-refractivity contribution < 1.29 is 9.53 Å². The summed E-state index contributed by atoms with van der Waals surface area (Å²) in [5.74, 6) is 0.880. The molecule has 3 saturated heterocycles. The lowest BCUT2D eigenvalue weighted by atomic mass is 9.60. The Bertz CT molecular complexity index is 1400. The van der Waals surface area contributed by atoms with Crippen LogP contribution in [0.2, 0.25) is 10.0 Å². The van der Waals surface area contributed by atoms with Gasteiger partial charge in [-0.1, -0.05) is 29.8 Å². The number of ether oxygens (including phenoxy) is 1. The quantitative estimate of drug-likeness (QED) is 0.228. The number of rotatable bonds is 5. The number of nitrogens with two attached hydrogens (primary N) is 1. The second-order valence-corrected chi connectivity index (χ2v) is 14.4. The molecule has 11 heteroatoms. The average molecular weight is 645 g/mol. The molecule has 0 atom stereocenters. The fourth-order valence-electron chi connectivity index (χ4n) is 7.35. The number of carbonyl (C=O) groups is 1. The number of nitrogen functional groups attached to an aromatic ring is 1. The summed E-state index contributed by atoms with van der Waals surface area (Å²) < 4.78 is 7.36. The fourth-order valence-corrected chi connectivity index (χ4v) is 7.81. The molecular formula is C33H47Cl2N7O2. The molecule has 4 aliphatic rings. The lowest BCUT2D eigenvalue weighted by Crippen LogP contribution is -2.63. The van der Waals surface area contributed by atoms with E-state index in [-0.39, 0.29) is 22.9 Å². The van der Waals surface area contributed by atoms with Gasteiger partial charge in [-0.2, -0.15) is 5.10 Å². The molecule has 1 spiro atoms. The Balaban J connectivity index is 0.000000418. The number of nitrogens with one attached hydrogen (secondary N) is 1. The molecule has 6 rings (SSSR count). The number of anilines is 2. The Kier molecular flexibility index (Phi) is 9.71. The number of amides is 1. The maximum atomic E-state index is 11.9. The minimum Gasteiger partial charge on any atom is -0.398 e. The molecule has 1 aromatic heterocycles. The van der Waals surface area contributed by atoms with Gasteiger partial charge in [-0.15, -0.1) is 0 Å². The van der Waals surface area contributed by atoms with E-state index in [0.717, 1.165) is 82.2 Å². The van der Waals surface area contributed by atoms with Crippen molar-refractivity contribution in [3.63, 3.8) is 0 Å². The topological polar surface area (TPSA) is 104 Å². The molecule has 2 aromatic rings. The number of benzene rings is 1. The van der Waals surface area contributed by atoms with Crippen molar-refractivity contribution in [1.82, 2.24) is 19.6 Å². The van der Waals surface area contributed by atoms with Gasteiger partial charge >= 0.3 is 0 Å². The van der Waals surface area contributed by atoms with Gasteiger partial charge in [0.1, 0.15) is 0 Å². The molecule has 4 heterocycles. The van der Waals surface area contributed by atoms with Gasteiger partial charge in [-0.25, -0.2) is 0 Å². The van der Waals surface area contributed by atoms with E-state index in [1.807, 2.05) is 4.90 Å². The van der Waals surface area contributed by atoms with Gasteiger partial charge in [0.2, 0.25) is 5.91 Å². The highest BCUT2D eigenvalue weighted by Crippen LogP contribution is 2.56. The Morgan fingerprint density at radius 3 is 2.52 bits per heavy atom. The minimum absolute atomic E-state index is 0.00334. The number of likely N-dealkylation sites (tertiary alicyclic amines) is 1. The Morgan fingerprint density at radius 1 is 1.14 bits per heavy atom. The number of nitrogens with zero attached hydrogens (tertiary/aromatic N) is 5. The van der Waals surface area contributed by atoms with Crippen LogP contribution in [0.3, 0.4) is 0 Å². The van der Waals surface area contributed by atoms with Crippen LogP contribution >= 0.6 is 23.2 Å². The van der Waals surface area contributed by atoms with E-state index in [0.29, 0.717) is 26.9 Å². The summed E-state index contributed by atoms with van der Waals surface area (Å²) in [6, 6.07) is 1.85. The Morgan fingerprint density at radius 2 is 1.86 bits per heavy atom. The molecule has 1 saturated carbocycles. The molecular weight excluding hydrogens is 597 g/mol. The van der Waals surface area contributed by atoms with Crippen molar-refractivity contribution in [1.29, 1.82) is 5.41 Å². The highest BCUT2D eigenvalue weighted by atomic mass is 35.5. The normalized spacial score (nSPS) is 21.5. The molecule has 0 radical (unpaired) electrons. The number of aromatic nitrogens is 2. The first-order chi connectivity index (χ1) is 20.9. The van der Waals surface area contributed by atoms with Gasteiger partial charge in [0.25, 0.3) is 0 Å². The van der Waals surface area contributed by atoms with Crippen LogP contribution in [0.25, 0.3) is 11.1 Å². The van der Waals surface area contributed by atoms with Gasteiger partial charge < -0.3 is 30.6 Å². The van der Waals surface area contributed by atoms with E-state index >= 15 is 0 Å². The third kappa shape index (κ3) is 6.26. The fraction of sp³-hybridized carbons (Fsp3) is 0.606. The van der Waals surface area contributed by atoms with Crippen LogP contribution in [-0.4, -0.2) is 90.2 Å². The standard InChI is InChI=1S/C27H34Cl2N6O.C6H13NO/c1-5-21(36)33-14-27(15-33)11-17(12-27)35-16(2)22(23-18(13-30)20(31)10-19(28)24(23)29)25(32-35)34-9-7-6-8-26(34,3)4;1-7-3-2-5-8-6-4-7/h5,10,13,17,30H,1,6-9,11-12,14-15,31H2,2-4H3;2-6H2,1H3. The van der Waals surface area contributed by atoms with Crippen molar-refractivity contribution in [2.24, 2.45) is 5.41 Å². The predicted molar refractivity (Wildman–Crippen MR) is 180 cm³/mol. The van der Waals surface area contributed by atoms with Crippen LogP contribution in [0.1, 0.15) is 69.7 Å². The highest BCUT2D eigenvalue weighted by molar-refractivity contribution is 6.44. The molecule has 9 nitrogen and oxygen atoms in total. The first-order valence-electron chi connectivity index (χ1n) is 15.7. The lowest BCUT2D eigenvalue weighted by molar-refractivity contribution is -0.149. The zero-order valence-corrected chi connectivity index (χ0v) is 28.1. The predicted octanol–water partition coefficient (Wildman–Crippen LogP) is 6.20. The molecule has 44 heavy (non-hydrogen) atoms. The van der Waals surface area contributed by atoms with Crippen molar-refractivity contribution in [3.05, 3.63) is 40.0 Å². The van der Waals surface area contributed by atoms with Crippen LogP contribution in [0.4, 0.5) is 11.5 Å². The summed E-state index contributed by atoms with van der Waals surface area (Å²) in [4.78, 5) is 18.5. The summed E-state index contributed by atoms with van der Waals surface area (Å²) in [5.41, 5.74) is 9.98. The molecule has 1 aliphatic carbocycles. The maximum absolute atomic E-state index is 11.9. The van der Waals surface area contributed by atoms with E-state index in [4.69, 9.17) is 44.2 Å². The number of hydrogen-bond donors (Lipinski definition) is 2. The molecule has 3 aliphatic heterocycles. The van der Waals surface area contributed by atoms with E-state index in [2.05, 4.69) is 48.9 Å². The zero-order valence-electron chi connectivity index (χ0n) is 26.6. The molecule has 240 valence electrons. The van der Waals surface area contributed by atoms with Crippen LogP contribution in [0.5, 0.6) is 0 Å². The van der Waals surface area contributed by atoms with Gasteiger partial charge in [0.15, 0.2) is 5.82 Å². The Hall–Kier alpha value is -2.59. The van der Waals surface area contributed by atoms with Gasteiger partial charge in [-0.3, -0.25) is 9.48 Å². The smallest absolute Gasteiger partial charge is 0.245 e. The monoisotopic (exact) mass is 643 g/mol. The third-order valence-electron chi connectivity index (χ3n) is 9.89. The minimum atomic E-state index is -0.0690. The maximum Gasteiger partial charge on any atom is 0.245 e. The molecule has 0 bridgehead atoms. The second kappa shape index (κ2) is 13.0. The molecule has 3 N–H and O–H groups in total. The zero-order chi connectivity index (χ0) is 31.8. The molecule has 1 amide bonds. The van der Waals surface area contributed by atoms with Crippen LogP contribution < -0.4 is 10.6 Å². The number of carbonyl (C=O) groups excluding carboxylic acids is 1. The molecule has 0 unspecified atom stereocenters. The summed E-state index contributed by atoms with van der Waals surface area (Å²) in [5, 5.41) is 14.1. The summed E-state index contributed by atoms with van der Waals surface area (Å²) >= 11 is 13.3. The molecule has 4 fully saturated rings. The van der Waals surface area contributed by atoms with Crippen LogP contribution in [0.15, 0.2) is 18.7 Å². The van der Waals surface area contributed by atoms with E-state index in [9.17, 15) is 4.79 Å². The number of hydrogen-bond acceptors (Lipinski definition) is 7. The SMILES string of the molecule is C=CC(=O)N1CC2(CC(n3nc(N4CCCCC4(C)C)c(-c4c(Cl)c(Cl)cc(N)c4C=N)c3C)C2)C1.CN1CCCOCC1. The summed E-state index contributed by atoms with van der Waals surface area (Å²) in [6.07, 6.45) is 9.13. The lowest BCUT2D eigenvalue weighted by Gasteiger charge is -2.58. The summed E-state index contributed by atoms with van der Waals surface area (Å²) in [7, 11) is 2.13. The van der Waals surface area contributed by atoms with E-state index in [1.165, 1.54) is 31.7 Å². The van der Waals surface area contributed by atoms with Gasteiger partial charge in [-0.05, 0) is 78.5 Å². The van der Waals surface area contributed by atoms with Gasteiger partial charge in [0, 0.05) is 84.6 Å². The number of piperidine rings is 1. The second-order valence-electron chi connectivity index (χ2n) is 13.6. The Labute approximate surface area is 271 Å². The highest BCUT2D eigenvalue weighted by Gasteiger charge is 2.54. The van der Waals surface area contributed by atoms with Crippen LogP contribution in [-0.2, 0) is 9.53 Å². The first kappa shape index (κ1) is 32.8. The number of likely N-dealkylation sites (N-methyl/N-ethyl adjacent to an activating group) is 1. The van der Waals surface area contributed by atoms with Crippen molar-refractivity contribution in [2.75, 3.05) is 63.6 Å². The van der Waals surface area contributed by atoms with Crippen molar-refractivity contribution >= 4 is 46.8 Å². The molecule has 1 aromatic carbocycles. The number of halogens is 2. The van der Waals surface area contributed by atoms with E-state index < -0.39 is 0 Å². The average Bonchev–Trinajstić information content (AvgIpc) is 3.08. The van der Waals surface area contributed by atoms with E-state index in [1.54, 1.807) is 6.07 Å². The summed E-state index contributed by atoms with van der Waals surface area (Å²) in [6.45, 7) is 16.8. The third-order valence-corrected chi connectivity index (χ3v) is 10.7. The van der Waals surface area contributed by atoms with Crippen LogP contribution in [0, 0.1) is 17.7 Å². The van der Waals surface area contributed by atoms with Crippen molar-refractivity contribution in [3.8, 4) is 11.1 Å². The first-order valence-corrected chi connectivity index (χ1v) is 16.5. The largest absolute Gasteiger partial charge is 0.398 e. The van der Waals surface area contributed by atoms with Gasteiger partial charge in [0.05, 0.1) is 22.7 Å². The van der Waals surface area contributed by atoms with Crippen molar-refractivity contribution in [2.45, 2.75) is 70.9 Å².